The van der Waals surface area contributed by atoms with Crippen LogP contribution in [0.25, 0.3) is 4.85 Å². The molecule has 1 nitrogen and oxygen atoms in total. The first-order valence-electron chi connectivity index (χ1n) is 5.21. The van der Waals surface area contributed by atoms with Crippen LogP contribution in [0.15, 0.2) is 0 Å². The molecule has 74 valence electrons. The predicted molar refractivity (Wildman–Crippen MR) is 52.1 cm³/mol. The van der Waals surface area contributed by atoms with E-state index in [1.165, 1.54) is 0 Å². The first-order valence-corrected chi connectivity index (χ1v) is 5.21. The van der Waals surface area contributed by atoms with Crippen molar-refractivity contribution in [1.82, 2.24) is 0 Å². The molecule has 2 heteroatoms. The van der Waals surface area contributed by atoms with Gasteiger partial charge >= 0.3 is 0 Å². The van der Waals surface area contributed by atoms with Crippen molar-refractivity contribution in [2.24, 2.45) is 11.8 Å². The van der Waals surface area contributed by atoms with Gasteiger partial charge in [0.15, 0.2) is 0 Å². The Morgan fingerprint density at radius 3 is 2.46 bits per heavy atom. The number of hydrogen-bond donors (Lipinski definition) is 0. The summed E-state index contributed by atoms with van der Waals surface area (Å²) in [6, 6.07) is 0. The van der Waals surface area contributed by atoms with Crippen LogP contribution < -0.4 is 0 Å². The zero-order valence-corrected chi connectivity index (χ0v) is 8.30. The highest BCUT2D eigenvalue weighted by atomic mass is 19.1. The van der Waals surface area contributed by atoms with Crippen LogP contribution in [-0.4, -0.2) is 12.7 Å². The molecule has 1 unspecified atom stereocenters. The lowest BCUT2D eigenvalue weighted by molar-refractivity contribution is 0.167. The summed E-state index contributed by atoms with van der Waals surface area (Å²) in [5, 5.41) is 0. The molecule has 0 aliphatic heterocycles. The first-order chi connectivity index (χ1) is 6.24. The molecule has 0 radical (unpaired) electrons. The number of halogens is 1. The van der Waals surface area contributed by atoms with E-state index >= 15 is 0 Å². The monoisotopic (exact) mass is 183 g/mol. The third kappa shape index (κ3) is 3.34. The van der Waals surface area contributed by atoms with Crippen LogP contribution in [0.2, 0.25) is 0 Å². The summed E-state index contributed by atoms with van der Waals surface area (Å²) in [5.41, 5.74) is 0. The number of alkyl halides is 1. The SMILES string of the molecule is [C-]#[N+]CCC1CCC(C(C)F)CC1. The van der Waals surface area contributed by atoms with Gasteiger partial charge in [0.25, 0.3) is 0 Å². The molecule has 1 saturated carbocycles. The van der Waals surface area contributed by atoms with Crippen molar-refractivity contribution in [3.8, 4) is 0 Å². The Labute approximate surface area is 80.2 Å². The van der Waals surface area contributed by atoms with Crippen molar-refractivity contribution in [3.63, 3.8) is 0 Å². The Bertz CT molecular complexity index is 175. The fourth-order valence-corrected chi connectivity index (χ4v) is 2.18. The Balaban J connectivity index is 2.19. The van der Waals surface area contributed by atoms with Gasteiger partial charge in [0, 0.05) is 6.42 Å². The van der Waals surface area contributed by atoms with Gasteiger partial charge in [-0.15, -0.1) is 0 Å². The van der Waals surface area contributed by atoms with Gasteiger partial charge in [-0.3, -0.25) is 0 Å². The minimum Gasteiger partial charge on any atom is -0.317 e. The lowest BCUT2D eigenvalue weighted by Crippen LogP contribution is -2.21. The molecule has 1 rings (SSSR count). The third-order valence-electron chi connectivity index (χ3n) is 3.19. The van der Waals surface area contributed by atoms with Crippen LogP contribution in [0.1, 0.15) is 39.0 Å². The van der Waals surface area contributed by atoms with Crippen molar-refractivity contribution < 1.29 is 4.39 Å². The van der Waals surface area contributed by atoms with E-state index in [4.69, 9.17) is 6.57 Å². The summed E-state index contributed by atoms with van der Waals surface area (Å²) < 4.78 is 12.9. The zero-order valence-electron chi connectivity index (χ0n) is 8.30. The van der Waals surface area contributed by atoms with E-state index in [-0.39, 0.29) is 0 Å². The Morgan fingerprint density at radius 1 is 1.38 bits per heavy atom. The normalized spacial score (nSPS) is 30.8. The maximum Gasteiger partial charge on any atom is 0.214 e. The minimum atomic E-state index is -0.637. The fourth-order valence-electron chi connectivity index (χ4n) is 2.18. The lowest BCUT2D eigenvalue weighted by Gasteiger charge is -2.28. The van der Waals surface area contributed by atoms with E-state index in [0.717, 1.165) is 32.1 Å². The van der Waals surface area contributed by atoms with Gasteiger partial charge in [-0.1, -0.05) is 0 Å². The summed E-state index contributed by atoms with van der Waals surface area (Å²) in [5.74, 6) is 0.994. The second kappa shape index (κ2) is 5.21. The molecule has 13 heavy (non-hydrogen) atoms. The van der Waals surface area contributed by atoms with Gasteiger partial charge in [-0.2, -0.15) is 0 Å². The topological polar surface area (TPSA) is 4.36 Å². The van der Waals surface area contributed by atoms with E-state index < -0.39 is 6.17 Å². The second-order valence-electron chi connectivity index (χ2n) is 4.13. The van der Waals surface area contributed by atoms with Crippen LogP contribution in [0.3, 0.4) is 0 Å². The molecule has 1 aliphatic carbocycles. The van der Waals surface area contributed by atoms with Gasteiger partial charge in [-0.25, -0.2) is 11.0 Å². The van der Waals surface area contributed by atoms with Gasteiger partial charge in [0.05, 0.1) is 0 Å². The van der Waals surface area contributed by atoms with Crippen LogP contribution in [0.4, 0.5) is 4.39 Å². The van der Waals surface area contributed by atoms with Crippen molar-refractivity contribution in [2.45, 2.75) is 45.2 Å². The zero-order chi connectivity index (χ0) is 9.68. The molecular weight excluding hydrogens is 165 g/mol. The van der Waals surface area contributed by atoms with E-state index in [0.29, 0.717) is 18.4 Å². The fraction of sp³-hybridized carbons (Fsp3) is 0.909. The summed E-state index contributed by atoms with van der Waals surface area (Å²) in [4.78, 5) is 3.36. The number of hydrogen-bond acceptors (Lipinski definition) is 0. The van der Waals surface area contributed by atoms with Gasteiger partial charge in [0.1, 0.15) is 6.17 Å². The Kier molecular flexibility index (Phi) is 4.21. The van der Waals surface area contributed by atoms with E-state index in [9.17, 15) is 4.39 Å². The molecule has 0 aromatic heterocycles. The molecular formula is C11H18FN. The van der Waals surface area contributed by atoms with E-state index in [2.05, 4.69) is 4.85 Å². The highest BCUT2D eigenvalue weighted by Crippen LogP contribution is 2.33. The molecule has 0 aromatic rings. The number of nitrogens with zero attached hydrogens (tertiary/aromatic N) is 1. The summed E-state index contributed by atoms with van der Waals surface area (Å²) in [7, 11) is 0. The largest absolute Gasteiger partial charge is 0.317 e. The summed E-state index contributed by atoms with van der Waals surface area (Å²) in [6.07, 6.45) is 4.71. The van der Waals surface area contributed by atoms with Crippen molar-refractivity contribution in [3.05, 3.63) is 11.4 Å². The van der Waals surface area contributed by atoms with E-state index in [1.807, 2.05) is 0 Å². The maximum absolute atomic E-state index is 12.9. The Hall–Kier alpha value is -0.580. The smallest absolute Gasteiger partial charge is 0.214 e. The highest BCUT2D eigenvalue weighted by Gasteiger charge is 2.25. The average Bonchev–Trinajstić information content (AvgIpc) is 2.15. The second-order valence-corrected chi connectivity index (χ2v) is 4.13. The molecule has 0 amide bonds. The molecule has 0 saturated heterocycles. The molecule has 0 aromatic carbocycles. The molecule has 0 bridgehead atoms. The lowest BCUT2D eigenvalue weighted by atomic mass is 9.79. The van der Waals surface area contributed by atoms with Gasteiger partial charge in [0.2, 0.25) is 6.54 Å². The van der Waals surface area contributed by atoms with Gasteiger partial charge < -0.3 is 4.85 Å². The maximum atomic E-state index is 12.9. The van der Waals surface area contributed by atoms with Crippen LogP contribution in [-0.2, 0) is 0 Å². The third-order valence-corrected chi connectivity index (χ3v) is 3.19. The molecule has 0 heterocycles. The predicted octanol–water partition coefficient (Wildman–Crippen LogP) is 3.46. The summed E-state index contributed by atoms with van der Waals surface area (Å²) >= 11 is 0. The highest BCUT2D eigenvalue weighted by molar-refractivity contribution is 4.77. The standard InChI is InChI=1S/C11H18FN/c1-9(12)11-5-3-10(4-6-11)7-8-13-2/h9-11H,3-8H2,1H3. The summed E-state index contributed by atoms with van der Waals surface area (Å²) in [6.45, 7) is 9.02. The molecule has 1 fully saturated rings. The molecule has 0 spiro atoms. The molecule has 1 aliphatic rings. The van der Waals surface area contributed by atoms with Gasteiger partial charge in [-0.05, 0) is 44.4 Å². The minimum absolute atomic E-state index is 0.296. The average molecular weight is 183 g/mol. The van der Waals surface area contributed by atoms with Crippen molar-refractivity contribution in [2.75, 3.05) is 6.54 Å². The first kappa shape index (κ1) is 10.5. The molecule has 0 N–H and O–H groups in total. The van der Waals surface area contributed by atoms with Crippen LogP contribution >= 0.6 is 0 Å². The quantitative estimate of drug-likeness (QED) is 0.590. The van der Waals surface area contributed by atoms with Crippen molar-refractivity contribution >= 4 is 0 Å². The van der Waals surface area contributed by atoms with Crippen LogP contribution in [0, 0.1) is 18.4 Å². The Morgan fingerprint density at radius 2 is 2.00 bits per heavy atom. The molecule has 1 atom stereocenters. The van der Waals surface area contributed by atoms with Crippen LogP contribution in [0.5, 0.6) is 0 Å². The van der Waals surface area contributed by atoms with Crippen molar-refractivity contribution in [1.29, 1.82) is 0 Å². The van der Waals surface area contributed by atoms with E-state index in [1.54, 1.807) is 6.92 Å². The number of rotatable bonds is 3.